The molecule has 0 fully saturated rings. The summed E-state index contributed by atoms with van der Waals surface area (Å²) in [5.74, 6) is 0. The van der Waals surface area contributed by atoms with Gasteiger partial charge in [0, 0.05) is 23.6 Å². The summed E-state index contributed by atoms with van der Waals surface area (Å²) in [4.78, 5) is 16.5. The van der Waals surface area contributed by atoms with Crippen molar-refractivity contribution in [2.45, 2.75) is 46.6 Å². The molecule has 1 heterocycles. The van der Waals surface area contributed by atoms with Crippen LogP contribution in [-0.4, -0.2) is 9.49 Å². The zero-order chi connectivity index (χ0) is 20.3. The molecule has 3 rings (SSSR count). The first-order valence-electron chi connectivity index (χ1n) is 9.51. The van der Waals surface area contributed by atoms with E-state index in [2.05, 4.69) is 49.8 Å². The van der Waals surface area contributed by atoms with Gasteiger partial charge in [-0.2, -0.15) is 0 Å². The number of nitro groups is 1. The molecule has 0 saturated carbocycles. The van der Waals surface area contributed by atoms with E-state index in [1.165, 1.54) is 11.1 Å². The third kappa shape index (κ3) is 4.07. The molecule has 0 radical (unpaired) electrons. The Balaban J connectivity index is 2.15. The first-order chi connectivity index (χ1) is 13.4. The molecule has 0 N–H and O–H groups in total. The fraction of sp³-hybridized carbons (Fsp3) is 0.318. The Hall–Kier alpha value is -2.73. The molecular weight excluding hydrogens is 370 g/mol. The van der Waals surface area contributed by atoms with Gasteiger partial charge in [-0.3, -0.25) is 10.1 Å². The molecule has 1 aromatic heterocycles. The fourth-order valence-corrected chi connectivity index (χ4v) is 4.26. The molecule has 0 bridgehead atoms. The minimum absolute atomic E-state index is 0.105. The first-order valence-corrected chi connectivity index (χ1v) is 10.4. The largest absolute Gasteiger partial charge is 0.313 e. The maximum Gasteiger partial charge on any atom is 0.269 e. The number of hydrogen-bond donors (Lipinski definition) is 0. The summed E-state index contributed by atoms with van der Waals surface area (Å²) >= 11 is 1.61. The number of nitro benzene ring substituents is 1. The quantitative estimate of drug-likeness (QED) is 0.361. The summed E-state index contributed by atoms with van der Waals surface area (Å²) in [6.45, 7) is 8.55. The lowest BCUT2D eigenvalue weighted by molar-refractivity contribution is -0.384. The van der Waals surface area contributed by atoms with Gasteiger partial charge in [-0.05, 0) is 67.6 Å². The van der Waals surface area contributed by atoms with E-state index in [0.29, 0.717) is 6.04 Å². The Morgan fingerprint density at radius 1 is 1.07 bits per heavy atom. The average molecular weight is 396 g/mol. The van der Waals surface area contributed by atoms with E-state index in [4.69, 9.17) is 4.99 Å². The molecular formula is C22H25N3O2S. The maximum atomic E-state index is 11.0. The Morgan fingerprint density at radius 3 is 2.32 bits per heavy atom. The molecule has 0 aliphatic heterocycles. The van der Waals surface area contributed by atoms with Crippen LogP contribution in [0.15, 0.2) is 52.8 Å². The SMILES string of the molecule is CCC(CC)n1c(-c2ccc([N+](=O)[O-])cc2)csc1=Nc1ccc(C)c(C)c1. The minimum atomic E-state index is -0.368. The van der Waals surface area contributed by atoms with E-state index >= 15 is 0 Å². The zero-order valence-corrected chi connectivity index (χ0v) is 17.5. The number of benzene rings is 2. The van der Waals surface area contributed by atoms with Crippen molar-refractivity contribution in [3.8, 4) is 11.3 Å². The lowest BCUT2D eigenvalue weighted by atomic mass is 10.1. The van der Waals surface area contributed by atoms with Crippen LogP contribution in [0.5, 0.6) is 0 Å². The topological polar surface area (TPSA) is 60.4 Å². The normalized spacial score (nSPS) is 12.0. The standard InChI is InChI=1S/C22H25N3O2S/c1-5-19(6-2)24-21(17-8-11-20(12-9-17)25(26)27)14-28-22(24)23-18-10-7-15(3)16(4)13-18/h7-14,19H,5-6H2,1-4H3. The van der Waals surface area contributed by atoms with Gasteiger partial charge in [0.05, 0.1) is 16.3 Å². The summed E-state index contributed by atoms with van der Waals surface area (Å²) in [5.41, 5.74) is 5.55. The summed E-state index contributed by atoms with van der Waals surface area (Å²) in [5, 5.41) is 13.1. The van der Waals surface area contributed by atoms with Crippen LogP contribution >= 0.6 is 11.3 Å². The van der Waals surface area contributed by atoms with Gasteiger partial charge >= 0.3 is 0 Å². The lowest BCUT2D eigenvalue weighted by Gasteiger charge is -2.18. The van der Waals surface area contributed by atoms with Crippen LogP contribution < -0.4 is 4.80 Å². The smallest absolute Gasteiger partial charge is 0.269 e. The molecule has 0 unspecified atom stereocenters. The third-order valence-corrected chi connectivity index (χ3v) is 5.98. The fourth-order valence-electron chi connectivity index (χ4n) is 3.28. The van der Waals surface area contributed by atoms with Gasteiger partial charge in [0.1, 0.15) is 0 Å². The molecule has 28 heavy (non-hydrogen) atoms. The molecule has 6 heteroatoms. The number of hydrogen-bond acceptors (Lipinski definition) is 4. The van der Waals surface area contributed by atoms with Crippen molar-refractivity contribution in [1.29, 1.82) is 0 Å². The first kappa shape index (κ1) is 20.0. The average Bonchev–Trinajstić information content (AvgIpc) is 3.09. The molecule has 0 aliphatic rings. The van der Waals surface area contributed by atoms with Crippen molar-refractivity contribution in [2.75, 3.05) is 0 Å². The predicted molar refractivity (Wildman–Crippen MR) is 115 cm³/mol. The van der Waals surface area contributed by atoms with Crippen LogP contribution in [0.3, 0.4) is 0 Å². The van der Waals surface area contributed by atoms with E-state index < -0.39 is 0 Å². The number of aromatic nitrogens is 1. The Bertz CT molecular complexity index is 1040. The summed E-state index contributed by atoms with van der Waals surface area (Å²) in [6.07, 6.45) is 1.99. The highest BCUT2D eigenvalue weighted by molar-refractivity contribution is 7.07. The number of thiazole rings is 1. The van der Waals surface area contributed by atoms with Crippen molar-refractivity contribution in [3.63, 3.8) is 0 Å². The number of non-ortho nitro benzene ring substituents is 1. The van der Waals surface area contributed by atoms with E-state index in [1.807, 2.05) is 18.2 Å². The van der Waals surface area contributed by atoms with E-state index in [9.17, 15) is 10.1 Å². The highest BCUT2D eigenvalue weighted by Gasteiger charge is 2.16. The van der Waals surface area contributed by atoms with Crippen molar-refractivity contribution < 1.29 is 4.92 Å². The Labute approximate surface area is 169 Å². The molecule has 3 aromatic rings. The molecule has 5 nitrogen and oxygen atoms in total. The van der Waals surface area contributed by atoms with Crippen molar-refractivity contribution in [2.24, 2.45) is 4.99 Å². The maximum absolute atomic E-state index is 11.0. The van der Waals surface area contributed by atoms with Gasteiger partial charge in [0.2, 0.25) is 0 Å². The van der Waals surface area contributed by atoms with Gasteiger partial charge in [0.25, 0.3) is 5.69 Å². The van der Waals surface area contributed by atoms with Crippen molar-refractivity contribution in [1.82, 2.24) is 4.57 Å². The number of rotatable bonds is 6. The van der Waals surface area contributed by atoms with Gasteiger partial charge in [-0.15, -0.1) is 11.3 Å². The van der Waals surface area contributed by atoms with Gasteiger partial charge in [-0.25, -0.2) is 4.99 Å². The molecule has 146 valence electrons. The van der Waals surface area contributed by atoms with Crippen molar-refractivity contribution in [3.05, 3.63) is 73.9 Å². The monoisotopic (exact) mass is 395 g/mol. The van der Waals surface area contributed by atoms with E-state index in [0.717, 1.165) is 34.6 Å². The van der Waals surface area contributed by atoms with E-state index in [-0.39, 0.29) is 10.6 Å². The van der Waals surface area contributed by atoms with E-state index in [1.54, 1.807) is 23.5 Å². The molecule has 0 spiro atoms. The van der Waals surface area contributed by atoms with Crippen molar-refractivity contribution >= 4 is 22.7 Å². The summed E-state index contributed by atoms with van der Waals surface area (Å²) in [6, 6.07) is 13.3. The van der Waals surface area contributed by atoms with Crippen LogP contribution in [0.4, 0.5) is 11.4 Å². The zero-order valence-electron chi connectivity index (χ0n) is 16.7. The van der Waals surface area contributed by atoms with Crippen LogP contribution in [0, 0.1) is 24.0 Å². The minimum Gasteiger partial charge on any atom is -0.313 e. The van der Waals surface area contributed by atoms with Crippen LogP contribution in [0.1, 0.15) is 43.9 Å². The van der Waals surface area contributed by atoms with Crippen LogP contribution in [-0.2, 0) is 0 Å². The van der Waals surface area contributed by atoms with Crippen LogP contribution in [0.2, 0.25) is 0 Å². The molecule has 0 aliphatic carbocycles. The summed E-state index contributed by atoms with van der Waals surface area (Å²) in [7, 11) is 0. The Morgan fingerprint density at radius 2 is 1.75 bits per heavy atom. The second-order valence-electron chi connectivity index (χ2n) is 6.93. The highest BCUT2D eigenvalue weighted by atomic mass is 32.1. The number of aryl methyl sites for hydroxylation is 2. The number of nitrogens with zero attached hydrogens (tertiary/aromatic N) is 3. The summed E-state index contributed by atoms with van der Waals surface area (Å²) < 4.78 is 2.28. The van der Waals surface area contributed by atoms with Crippen LogP contribution in [0.25, 0.3) is 11.3 Å². The second kappa shape index (κ2) is 8.52. The predicted octanol–water partition coefficient (Wildman–Crippen LogP) is 6.34. The second-order valence-corrected chi connectivity index (χ2v) is 7.76. The van der Waals surface area contributed by atoms with Gasteiger partial charge < -0.3 is 4.57 Å². The Kier molecular flexibility index (Phi) is 6.09. The molecule has 0 amide bonds. The van der Waals surface area contributed by atoms with Gasteiger partial charge in [-0.1, -0.05) is 19.9 Å². The molecule has 2 aromatic carbocycles. The molecule has 0 atom stereocenters. The lowest BCUT2D eigenvalue weighted by Crippen LogP contribution is -2.21. The third-order valence-electron chi connectivity index (χ3n) is 5.14. The molecule has 0 saturated heterocycles. The van der Waals surface area contributed by atoms with Gasteiger partial charge in [0.15, 0.2) is 4.80 Å². The highest BCUT2D eigenvalue weighted by Crippen LogP contribution is 2.28.